The lowest BCUT2D eigenvalue weighted by Gasteiger charge is -2.31. The second kappa shape index (κ2) is 13.5. The van der Waals surface area contributed by atoms with E-state index >= 15 is 0 Å². The summed E-state index contributed by atoms with van der Waals surface area (Å²) in [5, 5.41) is 10.5. The smallest absolute Gasteiger partial charge is 0.308 e. The van der Waals surface area contributed by atoms with Gasteiger partial charge in [0.15, 0.2) is 11.5 Å². The van der Waals surface area contributed by atoms with E-state index in [1.165, 1.54) is 6.07 Å². The van der Waals surface area contributed by atoms with Crippen molar-refractivity contribution in [2.45, 2.75) is 51.1 Å². The van der Waals surface area contributed by atoms with Crippen molar-refractivity contribution in [1.82, 2.24) is 14.4 Å². The summed E-state index contributed by atoms with van der Waals surface area (Å²) in [6.07, 6.45) is 4.97. The molecule has 2 aromatic rings. The topological polar surface area (TPSA) is 101 Å². The summed E-state index contributed by atoms with van der Waals surface area (Å²) in [4.78, 5) is 42.9. The molecule has 1 aromatic carbocycles. The third kappa shape index (κ3) is 7.89. The molecule has 3 atom stereocenters. The van der Waals surface area contributed by atoms with Crippen LogP contribution in [0.5, 0.6) is 11.5 Å². The van der Waals surface area contributed by atoms with Gasteiger partial charge in [0.2, 0.25) is 18.3 Å². The Morgan fingerprint density at radius 2 is 1.83 bits per heavy atom. The van der Waals surface area contributed by atoms with Gasteiger partial charge in [-0.3, -0.25) is 19.3 Å². The van der Waals surface area contributed by atoms with E-state index in [2.05, 4.69) is 28.1 Å². The Kier molecular flexibility index (Phi) is 10.1. The quantitative estimate of drug-likeness (QED) is 0.349. The number of pyridine rings is 1. The van der Waals surface area contributed by atoms with Gasteiger partial charge in [-0.15, -0.1) is 0 Å². The highest BCUT2D eigenvalue weighted by atomic mass is 16.7. The van der Waals surface area contributed by atoms with E-state index in [0.29, 0.717) is 44.1 Å². The Bertz CT molecular complexity index is 1260. The second-order valence-electron chi connectivity index (χ2n) is 12.2. The van der Waals surface area contributed by atoms with Crippen molar-refractivity contribution in [2.75, 3.05) is 60.7 Å². The van der Waals surface area contributed by atoms with Crippen LogP contribution >= 0.6 is 0 Å². The van der Waals surface area contributed by atoms with Crippen molar-refractivity contribution in [3.63, 3.8) is 0 Å². The van der Waals surface area contributed by atoms with E-state index in [-0.39, 0.29) is 30.7 Å². The zero-order valence-electron chi connectivity index (χ0n) is 24.8. The van der Waals surface area contributed by atoms with Crippen LogP contribution < -0.4 is 15.0 Å². The maximum atomic E-state index is 13.7. The number of aliphatic carboxylic acids is 1. The average Bonchev–Trinajstić information content (AvgIpc) is 3.53. The normalized spacial score (nSPS) is 20.3. The molecule has 1 saturated heterocycles. The molecule has 1 amide bonds. The fourth-order valence-electron chi connectivity index (χ4n) is 5.97. The van der Waals surface area contributed by atoms with Crippen LogP contribution in [0.15, 0.2) is 47.4 Å². The minimum absolute atomic E-state index is 0.0252. The number of benzene rings is 1. The van der Waals surface area contributed by atoms with E-state index < -0.39 is 17.9 Å². The van der Waals surface area contributed by atoms with Gasteiger partial charge in [0.25, 0.3) is 0 Å². The van der Waals surface area contributed by atoms with Crippen molar-refractivity contribution in [3.05, 3.63) is 58.5 Å². The first-order chi connectivity index (χ1) is 19.6. The predicted octanol–water partition coefficient (Wildman–Crippen LogP) is 2.86. The molecular formula is C31H45N4O6+. The minimum Gasteiger partial charge on any atom is -0.481 e. The molecule has 224 valence electrons. The van der Waals surface area contributed by atoms with Crippen molar-refractivity contribution in [3.8, 4) is 11.5 Å². The lowest BCUT2D eigenvalue weighted by atomic mass is 9.84. The van der Waals surface area contributed by atoms with Gasteiger partial charge in [0, 0.05) is 56.8 Å². The van der Waals surface area contributed by atoms with Gasteiger partial charge in [0.05, 0.1) is 40.2 Å². The lowest BCUT2D eigenvalue weighted by molar-refractivity contribution is -0.870. The number of unbranched alkanes of at least 4 members (excludes halogenated alkanes) is 1. The van der Waals surface area contributed by atoms with Gasteiger partial charge in [-0.05, 0) is 36.6 Å². The van der Waals surface area contributed by atoms with E-state index in [9.17, 15) is 19.5 Å². The van der Waals surface area contributed by atoms with E-state index in [1.54, 1.807) is 22.9 Å². The summed E-state index contributed by atoms with van der Waals surface area (Å²) in [5.74, 6) is -0.710. The average molecular weight is 570 g/mol. The Morgan fingerprint density at radius 3 is 2.54 bits per heavy atom. The minimum atomic E-state index is -0.904. The number of nitrogens with zero attached hydrogens (tertiary/aromatic N) is 4. The first-order valence-electron chi connectivity index (χ1n) is 14.7. The molecule has 1 aromatic heterocycles. The van der Waals surface area contributed by atoms with Crippen LogP contribution in [0, 0.1) is 5.92 Å². The molecule has 0 spiro atoms. The highest BCUT2D eigenvalue weighted by molar-refractivity contribution is 5.79. The van der Waals surface area contributed by atoms with E-state index in [0.717, 1.165) is 35.9 Å². The maximum Gasteiger partial charge on any atom is 0.308 e. The number of carboxylic acid groups (broad SMARTS) is 1. The van der Waals surface area contributed by atoms with Crippen LogP contribution in [0.2, 0.25) is 0 Å². The van der Waals surface area contributed by atoms with Crippen LogP contribution in [-0.4, -0.2) is 103 Å². The predicted molar refractivity (Wildman–Crippen MR) is 156 cm³/mol. The van der Waals surface area contributed by atoms with Crippen molar-refractivity contribution in [1.29, 1.82) is 0 Å². The number of rotatable bonds is 14. The summed E-state index contributed by atoms with van der Waals surface area (Å²) >= 11 is 0. The van der Waals surface area contributed by atoms with Crippen molar-refractivity contribution >= 4 is 11.9 Å². The number of quaternary nitrogens is 1. The maximum absolute atomic E-state index is 13.7. The SMILES string of the molecule is CCCCN(CCC[N+](C)(C)C)C(=O)CN1CC(c2ccc3c(c2)OCO3)C(C(=O)O)C1CCn1ccccc1=O. The first-order valence-corrected chi connectivity index (χ1v) is 14.7. The second-order valence-corrected chi connectivity index (χ2v) is 12.2. The molecular weight excluding hydrogens is 524 g/mol. The van der Waals surface area contributed by atoms with Crippen LogP contribution in [0.4, 0.5) is 0 Å². The fourth-order valence-corrected chi connectivity index (χ4v) is 5.97. The molecule has 2 aliphatic rings. The number of amides is 1. The molecule has 41 heavy (non-hydrogen) atoms. The van der Waals surface area contributed by atoms with Gasteiger partial charge >= 0.3 is 5.97 Å². The zero-order chi connectivity index (χ0) is 29.6. The molecule has 0 bridgehead atoms. The molecule has 10 heteroatoms. The molecule has 0 aliphatic carbocycles. The van der Waals surface area contributed by atoms with Gasteiger partial charge in [-0.25, -0.2) is 0 Å². The number of fused-ring (bicyclic) bond motifs is 1. The zero-order valence-corrected chi connectivity index (χ0v) is 24.8. The number of carbonyl (C=O) groups is 2. The standard InChI is InChI=1S/C31H44N4O6/c1-5-6-14-32(16-9-18-35(2,3)4)29(37)21-34-20-24(23-11-12-26-27(19-23)41-22-40-26)30(31(38)39)25(34)13-17-33-15-8-7-10-28(33)36/h7-8,10-12,15,19,24-25,30H,5-6,9,13-14,16-18,20-22H2,1-4H3/p+1. The summed E-state index contributed by atoms with van der Waals surface area (Å²) in [6, 6.07) is 10.2. The Labute approximate surface area is 242 Å². The number of aryl methyl sites for hydroxylation is 1. The number of carboxylic acids is 1. The Balaban J connectivity index is 1.58. The summed E-state index contributed by atoms with van der Waals surface area (Å²) in [7, 11) is 6.44. The highest BCUT2D eigenvalue weighted by Crippen LogP contribution is 2.42. The fraction of sp³-hybridized carbons (Fsp3) is 0.581. The van der Waals surface area contributed by atoms with Crippen LogP contribution in [0.25, 0.3) is 0 Å². The summed E-state index contributed by atoms with van der Waals surface area (Å²) < 4.78 is 13.5. The Hall–Kier alpha value is -3.37. The van der Waals surface area contributed by atoms with E-state index in [4.69, 9.17) is 9.47 Å². The number of aromatic nitrogens is 1. The molecule has 4 rings (SSSR count). The van der Waals surface area contributed by atoms with Gasteiger partial charge in [-0.2, -0.15) is 0 Å². The van der Waals surface area contributed by atoms with Gasteiger partial charge in [0.1, 0.15) is 0 Å². The highest BCUT2D eigenvalue weighted by Gasteiger charge is 2.47. The lowest BCUT2D eigenvalue weighted by Crippen LogP contribution is -2.46. The third-order valence-electron chi connectivity index (χ3n) is 8.15. The van der Waals surface area contributed by atoms with Gasteiger partial charge in [-0.1, -0.05) is 25.5 Å². The molecule has 1 fully saturated rings. The number of hydrogen-bond donors (Lipinski definition) is 1. The molecule has 0 radical (unpaired) electrons. The first kappa shape index (κ1) is 30.6. The number of carbonyl (C=O) groups excluding carboxylic acids is 1. The van der Waals surface area contributed by atoms with E-state index in [1.807, 2.05) is 28.0 Å². The Morgan fingerprint density at radius 1 is 1.07 bits per heavy atom. The van der Waals surface area contributed by atoms with Crippen LogP contribution in [0.3, 0.4) is 0 Å². The molecule has 0 saturated carbocycles. The number of likely N-dealkylation sites (tertiary alicyclic amines) is 1. The number of ether oxygens (including phenoxy) is 2. The molecule has 3 heterocycles. The molecule has 3 unspecified atom stereocenters. The summed E-state index contributed by atoms with van der Waals surface area (Å²) in [5.41, 5.74) is 0.722. The monoisotopic (exact) mass is 569 g/mol. The number of hydrogen-bond acceptors (Lipinski definition) is 6. The molecule has 10 nitrogen and oxygen atoms in total. The summed E-state index contributed by atoms with van der Waals surface area (Å²) in [6.45, 7) is 5.53. The third-order valence-corrected chi connectivity index (χ3v) is 8.15. The van der Waals surface area contributed by atoms with Crippen LogP contribution in [0.1, 0.15) is 44.1 Å². The van der Waals surface area contributed by atoms with Crippen LogP contribution in [-0.2, 0) is 16.1 Å². The van der Waals surface area contributed by atoms with Crippen molar-refractivity contribution < 1.29 is 28.7 Å². The molecule has 1 N–H and O–H groups in total. The molecule has 2 aliphatic heterocycles. The largest absolute Gasteiger partial charge is 0.481 e. The van der Waals surface area contributed by atoms with Gasteiger partial charge < -0.3 is 28.5 Å². The van der Waals surface area contributed by atoms with Crippen molar-refractivity contribution in [2.24, 2.45) is 5.92 Å².